The summed E-state index contributed by atoms with van der Waals surface area (Å²) in [4.78, 5) is 4.84. The summed E-state index contributed by atoms with van der Waals surface area (Å²) in [5.41, 5.74) is 0. The highest BCUT2D eigenvalue weighted by Gasteiger charge is 2.22. The molecule has 74 valence electrons. The summed E-state index contributed by atoms with van der Waals surface area (Å²) < 4.78 is 0. The lowest BCUT2D eigenvalue weighted by Gasteiger charge is -2.19. The van der Waals surface area contributed by atoms with Gasteiger partial charge in [-0.05, 0) is 40.0 Å². The van der Waals surface area contributed by atoms with Crippen molar-refractivity contribution >= 4 is 0 Å². The van der Waals surface area contributed by atoms with E-state index in [1.54, 1.807) is 0 Å². The van der Waals surface area contributed by atoms with Gasteiger partial charge in [0.15, 0.2) is 0 Å². The molecule has 1 atom stereocenters. The zero-order valence-corrected chi connectivity index (χ0v) is 8.79. The SMILES string of the molecule is C#CCCCN1CCC(N(C)C)C1. The van der Waals surface area contributed by atoms with Crippen molar-refractivity contribution in [3.63, 3.8) is 0 Å². The highest BCUT2D eigenvalue weighted by molar-refractivity contribution is 4.85. The quantitative estimate of drug-likeness (QED) is 0.471. The molecule has 1 aliphatic heterocycles. The smallest absolute Gasteiger partial charge is 0.0229 e. The molecule has 1 aliphatic rings. The third-order valence-corrected chi connectivity index (χ3v) is 2.77. The molecule has 0 N–H and O–H groups in total. The highest BCUT2D eigenvalue weighted by Crippen LogP contribution is 2.13. The lowest BCUT2D eigenvalue weighted by atomic mass is 10.2. The molecular weight excluding hydrogens is 160 g/mol. The van der Waals surface area contributed by atoms with Crippen LogP contribution in [0, 0.1) is 12.3 Å². The molecule has 0 aromatic rings. The van der Waals surface area contributed by atoms with Crippen molar-refractivity contribution < 1.29 is 0 Å². The molecule has 0 spiro atoms. The van der Waals surface area contributed by atoms with Gasteiger partial charge in [0.2, 0.25) is 0 Å². The Labute approximate surface area is 81.9 Å². The average molecular weight is 180 g/mol. The fourth-order valence-electron chi connectivity index (χ4n) is 1.84. The molecule has 1 unspecified atom stereocenters. The molecule has 0 aromatic carbocycles. The van der Waals surface area contributed by atoms with Crippen LogP contribution < -0.4 is 0 Å². The predicted molar refractivity (Wildman–Crippen MR) is 56.6 cm³/mol. The van der Waals surface area contributed by atoms with Gasteiger partial charge in [-0.2, -0.15) is 0 Å². The van der Waals surface area contributed by atoms with E-state index in [-0.39, 0.29) is 0 Å². The monoisotopic (exact) mass is 180 g/mol. The first-order valence-electron chi connectivity index (χ1n) is 5.06. The maximum Gasteiger partial charge on any atom is 0.0229 e. The largest absolute Gasteiger partial charge is 0.305 e. The summed E-state index contributed by atoms with van der Waals surface area (Å²) in [6.07, 6.45) is 8.59. The van der Waals surface area contributed by atoms with Crippen LogP contribution in [0.1, 0.15) is 19.3 Å². The zero-order chi connectivity index (χ0) is 9.68. The summed E-state index contributed by atoms with van der Waals surface area (Å²) in [6, 6.07) is 0.755. The van der Waals surface area contributed by atoms with E-state index in [0.717, 1.165) is 18.9 Å². The molecule has 1 rings (SSSR count). The van der Waals surface area contributed by atoms with Crippen LogP contribution in [0.4, 0.5) is 0 Å². The Hall–Kier alpha value is -0.520. The van der Waals surface area contributed by atoms with E-state index in [2.05, 4.69) is 29.8 Å². The average Bonchev–Trinajstić information content (AvgIpc) is 2.53. The molecule has 0 amide bonds. The van der Waals surface area contributed by atoms with Crippen molar-refractivity contribution in [2.75, 3.05) is 33.7 Å². The second-order valence-electron chi connectivity index (χ2n) is 4.01. The third kappa shape index (κ3) is 3.38. The Bertz CT molecular complexity index is 181. The normalized spacial score (nSPS) is 23.7. The standard InChI is InChI=1S/C11H20N2/c1-4-5-6-8-13-9-7-11(10-13)12(2)3/h1,11H,5-10H2,2-3H3. The van der Waals surface area contributed by atoms with Gasteiger partial charge in [-0.25, -0.2) is 0 Å². The Morgan fingerprint density at radius 3 is 2.85 bits per heavy atom. The van der Waals surface area contributed by atoms with Crippen LogP contribution in [-0.2, 0) is 0 Å². The summed E-state index contributed by atoms with van der Waals surface area (Å²) in [7, 11) is 4.32. The van der Waals surface area contributed by atoms with E-state index >= 15 is 0 Å². The first kappa shape index (κ1) is 10.6. The summed E-state index contributed by atoms with van der Waals surface area (Å²) in [5, 5.41) is 0. The second-order valence-corrected chi connectivity index (χ2v) is 4.01. The van der Waals surface area contributed by atoms with Gasteiger partial charge in [-0.3, -0.25) is 0 Å². The Morgan fingerprint density at radius 2 is 2.31 bits per heavy atom. The Balaban J connectivity index is 2.15. The molecule has 0 aromatic heterocycles. The molecule has 1 heterocycles. The van der Waals surface area contributed by atoms with Crippen LogP contribution in [0.25, 0.3) is 0 Å². The Morgan fingerprint density at radius 1 is 1.54 bits per heavy atom. The van der Waals surface area contributed by atoms with E-state index in [4.69, 9.17) is 6.42 Å². The molecule has 2 heteroatoms. The number of hydrogen-bond acceptors (Lipinski definition) is 2. The predicted octanol–water partition coefficient (Wildman–Crippen LogP) is 1.04. The summed E-state index contributed by atoms with van der Waals surface area (Å²) >= 11 is 0. The lowest BCUT2D eigenvalue weighted by molar-refractivity contribution is 0.268. The molecule has 0 aliphatic carbocycles. The van der Waals surface area contributed by atoms with Crippen molar-refractivity contribution in [3.8, 4) is 12.3 Å². The molecule has 2 nitrogen and oxygen atoms in total. The van der Waals surface area contributed by atoms with E-state index in [9.17, 15) is 0 Å². The van der Waals surface area contributed by atoms with E-state index in [0.29, 0.717) is 0 Å². The van der Waals surface area contributed by atoms with Crippen molar-refractivity contribution in [3.05, 3.63) is 0 Å². The summed E-state index contributed by atoms with van der Waals surface area (Å²) in [5.74, 6) is 2.69. The van der Waals surface area contributed by atoms with Crippen LogP contribution in [0.3, 0.4) is 0 Å². The number of rotatable bonds is 4. The maximum absolute atomic E-state index is 5.21. The van der Waals surface area contributed by atoms with Crippen molar-refractivity contribution in [1.29, 1.82) is 0 Å². The number of terminal acetylenes is 1. The van der Waals surface area contributed by atoms with Crippen LogP contribution in [0.15, 0.2) is 0 Å². The van der Waals surface area contributed by atoms with Crippen LogP contribution >= 0.6 is 0 Å². The lowest BCUT2D eigenvalue weighted by Crippen LogP contribution is -2.31. The van der Waals surface area contributed by atoms with Gasteiger partial charge >= 0.3 is 0 Å². The number of nitrogens with zero attached hydrogens (tertiary/aromatic N) is 2. The van der Waals surface area contributed by atoms with Crippen molar-refractivity contribution in [2.45, 2.75) is 25.3 Å². The maximum atomic E-state index is 5.21. The second kappa shape index (κ2) is 5.26. The molecule has 0 saturated carbocycles. The molecular formula is C11H20N2. The minimum atomic E-state index is 0.755. The number of hydrogen-bond donors (Lipinski definition) is 0. The van der Waals surface area contributed by atoms with Crippen LogP contribution in [-0.4, -0.2) is 49.6 Å². The van der Waals surface area contributed by atoms with E-state index < -0.39 is 0 Å². The topological polar surface area (TPSA) is 6.48 Å². The molecule has 0 bridgehead atoms. The first-order chi connectivity index (χ1) is 6.24. The van der Waals surface area contributed by atoms with Gasteiger partial charge in [0.05, 0.1) is 0 Å². The number of likely N-dealkylation sites (tertiary alicyclic amines) is 1. The fraction of sp³-hybridized carbons (Fsp3) is 0.818. The van der Waals surface area contributed by atoms with E-state index in [1.807, 2.05) is 0 Å². The number of likely N-dealkylation sites (N-methyl/N-ethyl adjacent to an activating group) is 1. The Kier molecular flexibility index (Phi) is 4.27. The van der Waals surface area contributed by atoms with E-state index in [1.165, 1.54) is 26.1 Å². The van der Waals surface area contributed by atoms with Crippen molar-refractivity contribution in [1.82, 2.24) is 9.80 Å². The van der Waals surface area contributed by atoms with Crippen LogP contribution in [0.5, 0.6) is 0 Å². The van der Waals surface area contributed by atoms with Gasteiger partial charge in [0, 0.05) is 19.0 Å². The third-order valence-electron chi connectivity index (χ3n) is 2.77. The minimum Gasteiger partial charge on any atom is -0.305 e. The minimum absolute atomic E-state index is 0.755. The van der Waals surface area contributed by atoms with Gasteiger partial charge < -0.3 is 9.80 Å². The van der Waals surface area contributed by atoms with Gasteiger partial charge in [-0.15, -0.1) is 12.3 Å². The van der Waals surface area contributed by atoms with Gasteiger partial charge in [-0.1, -0.05) is 0 Å². The first-order valence-corrected chi connectivity index (χ1v) is 5.06. The van der Waals surface area contributed by atoms with Gasteiger partial charge in [0.25, 0.3) is 0 Å². The van der Waals surface area contributed by atoms with Gasteiger partial charge in [0.1, 0.15) is 0 Å². The molecule has 0 radical (unpaired) electrons. The van der Waals surface area contributed by atoms with Crippen LogP contribution in [0.2, 0.25) is 0 Å². The highest BCUT2D eigenvalue weighted by atomic mass is 15.2. The zero-order valence-electron chi connectivity index (χ0n) is 8.79. The number of unbranched alkanes of at least 4 members (excludes halogenated alkanes) is 1. The molecule has 13 heavy (non-hydrogen) atoms. The van der Waals surface area contributed by atoms with Crippen molar-refractivity contribution in [2.24, 2.45) is 0 Å². The molecule has 1 fully saturated rings. The fourth-order valence-corrected chi connectivity index (χ4v) is 1.84. The summed E-state index contributed by atoms with van der Waals surface area (Å²) in [6.45, 7) is 3.64. The molecule has 1 saturated heterocycles.